The van der Waals surface area contributed by atoms with Gasteiger partial charge in [0.25, 0.3) is 6.43 Å². The lowest BCUT2D eigenvalue weighted by atomic mass is 10.1. The number of hydrogen-bond acceptors (Lipinski definition) is 3. The molecule has 0 fully saturated rings. The zero-order valence-corrected chi connectivity index (χ0v) is 10.3. The summed E-state index contributed by atoms with van der Waals surface area (Å²) in [4.78, 5) is 15.0. The number of ether oxygens (including phenoxy) is 1. The first-order valence-corrected chi connectivity index (χ1v) is 5.26. The summed E-state index contributed by atoms with van der Waals surface area (Å²) in [6.45, 7) is 1.63. The first-order valence-electron chi connectivity index (χ1n) is 4.46. The van der Waals surface area contributed by atoms with Gasteiger partial charge in [-0.05, 0) is 34.5 Å². The van der Waals surface area contributed by atoms with Crippen LogP contribution in [-0.2, 0) is 16.0 Å². The molecule has 1 heterocycles. The maximum absolute atomic E-state index is 12.5. The molecule has 0 bridgehead atoms. The minimum atomic E-state index is -2.59. The molecule has 1 rings (SSSR count). The molecule has 0 saturated carbocycles. The van der Waals surface area contributed by atoms with Crippen molar-refractivity contribution in [2.24, 2.45) is 0 Å². The second-order valence-electron chi connectivity index (χ2n) is 3.19. The highest BCUT2D eigenvalue weighted by molar-refractivity contribution is 9.10. The number of halogens is 3. The molecule has 0 unspecified atom stereocenters. The zero-order valence-electron chi connectivity index (χ0n) is 8.76. The lowest BCUT2D eigenvalue weighted by Crippen LogP contribution is -2.09. The smallest absolute Gasteiger partial charge is 0.311 e. The molecular weight excluding hydrogens is 284 g/mol. The van der Waals surface area contributed by atoms with Gasteiger partial charge in [-0.15, -0.1) is 0 Å². The third kappa shape index (κ3) is 2.98. The highest BCUT2D eigenvalue weighted by Crippen LogP contribution is 2.27. The molecule has 1 aromatic heterocycles. The first-order chi connectivity index (χ1) is 7.45. The summed E-state index contributed by atoms with van der Waals surface area (Å²) < 4.78 is 29.6. The highest BCUT2D eigenvalue weighted by Gasteiger charge is 2.16. The van der Waals surface area contributed by atoms with Gasteiger partial charge < -0.3 is 4.74 Å². The van der Waals surface area contributed by atoms with Crippen LogP contribution in [0.15, 0.2) is 10.7 Å². The highest BCUT2D eigenvalue weighted by atomic mass is 79.9. The summed E-state index contributed by atoms with van der Waals surface area (Å²) in [6.07, 6.45) is -2.61. The average Bonchev–Trinajstić information content (AvgIpc) is 2.22. The van der Waals surface area contributed by atoms with E-state index in [0.717, 1.165) is 0 Å². The predicted octanol–water partition coefficient (Wildman–Crippen LogP) is 2.81. The number of rotatable bonds is 3. The summed E-state index contributed by atoms with van der Waals surface area (Å²) >= 11 is 2.95. The van der Waals surface area contributed by atoms with Crippen LogP contribution < -0.4 is 0 Å². The van der Waals surface area contributed by atoms with E-state index in [2.05, 4.69) is 25.7 Å². The van der Waals surface area contributed by atoms with E-state index in [1.54, 1.807) is 6.92 Å². The minimum absolute atomic E-state index is 0.0234. The van der Waals surface area contributed by atoms with Crippen LogP contribution in [0.25, 0.3) is 0 Å². The Morgan fingerprint density at radius 1 is 1.62 bits per heavy atom. The lowest BCUT2D eigenvalue weighted by molar-refractivity contribution is -0.139. The summed E-state index contributed by atoms with van der Waals surface area (Å²) in [5.74, 6) is -0.452. The number of nitrogens with zero attached hydrogens (tertiary/aromatic N) is 1. The van der Waals surface area contributed by atoms with Crippen molar-refractivity contribution in [3.63, 3.8) is 0 Å². The molecule has 0 atom stereocenters. The SMILES string of the molecule is COC(=O)Cc1nc(Br)c(C(F)F)cc1C. The predicted molar refractivity (Wildman–Crippen MR) is 57.4 cm³/mol. The number of hydrogen-bond donors (Lipinski definition) is 0. The van der Waals surface area contributed by atoms with Gasteiger partial charge in [0, 0.05) is 0 Å². The van der Waals surface area contributed by atoms with E-state index in [1.165, 1.54) is 13.2 Å². The Hall–Kier alpha value is -1.04. The van der Waals surface area contributed by atoms with Gasteiger partial charge in [-0.2, -0.15) is 0 Å². The molecule has 6 heteroatoms. The molecule has 3 nitrogen and oxygen atoms in total. The first kappa shape index (κ1) is 13.0. The number of carbonyl (C=O) groups is 1. The van der Waals surface area contributed by atoms with Crippen LogP contribution in [0.5, 0.6) is 0 Å². The van der Waals surface area contributed by atoms with Crippen molar-refractivity contribution in [3.05, 3.63) is 27.5 Å². The van der Waals surface area contributed by atoms with Gasteiger partial charge in [0.2, 0.25) is 0 Å². The van der Waals surface area contributed by atoms with Crippen molar-refractivity contribution in [2.45, 2.75) is 19.8 Å². The number of pyridine rings is 1. The number of methoxy groups -OCH3 is 1. The van der Waals surface area contributed by atoms with Crippen LogP contribution in [0.4, 0.5) is 8.78 Å². The van der Waals surface area contributed by atoms with Crippen molar-refractivity contribution >= 4 is 21.9 Å². The summed E-state index contributed by atoms with van der Waals surface area (Å²) in [5, 5.41) is 0. The fourth-order valence-corrected chi connectivity index (χ4v) is 1.69. The van der Waals surface area contributed by atoms with Gasteiger partial charge in [-0.25, -0.2) is 13.8 Å². The Morgan fingerprint density at radius 3 is 2.75 bits per heavy atom. The third-order valence-corrected chi connectivity index (χ3v) is 2.71. The van der Waals surface area contributed by atoms with Crippen LogP contribution >= 0.6 is 15.9 Å². The van der Waals surface area contributed by atoms with E-state index < -0.39 is 12.4 Å². The molecule has 0 aromatic carbocycles. The summed E-state index contributed by atoms with van der Waals surface area (Å²) in [7, 11) is 1.26. The topological polar surface area (TPSA) is 39.2 Å². The monoisotopic (exact) mass is 293 g/mol. The fraction of sp³-hybridized carbons (Fsp3) is 0.400. The zero-order chi connectivity index (χ0) is 12.3. The second kappa shape index (κ2) is 5.34. The van der Waals surface area contributed by atoms with Crippen LogP contribution in [0.2, 0.25) is 0 Å². The van der Waals surface area contributed by atoms with Crippen LogP contribution in [0.1, 0.15) is 23.2 Å². The molecule has 88 valence electrons. The van der Waals surface area contributed by atoms with Gasteiger partial charge in [0.15, 0.2) is 0 Å². The molecule has 1 aromatic rings. The maximum Gasteiger partial charge on any atom is 0.311 e. The van der Waals surface area contributed by atoms with Gasteiger partial charge in [-0.3, -0.25) is 4.79 Å². The van der Waals surface area contributed by atoms with E-state index in [1.807, 2.05) is 0 Å². The molecule has 0 aliphatic carbocycles. The van der Waals surface area contributed by atoms with Gasteiger partial charge >= 0.3 is 5.97 Å². The molecule has 0 saturated heterocycles. The number of aryl methyl sites for hydroxylation is 1. The number of carbonyl (C=O) groups excluding carboxylic acids is 1. The van der Waals surface area contributed by atoms with Crippen molar-refractivity contribution in [1.29, 1.82) is 0 Å². The van der Waals surface area contributed by atoms with E-state index in [-0.39, 0.29) is 16.6 Å². The van der Waals surface area contributed by atoms with E-state index in [0.29, 0.717) is 11.3 Å². The van der Waals surface area contributed by atoms with Crippen molar-refractivity contribution in [1.82, 2.24) is 4.98 Å². The molecule has 0 aliphatic rings. The van der Waals surface area contributed by atoms with Gasteiger partial charge in [-0.1, -0.05) is 0 Å². The Labute approximate surface area is 99.9 Å². The summed E-state index contributed by atoms with van der Waals surface area (Å²) in [6, 6.07) is 1.32. The number of alkyl halides is 2. The summed E-state index contributed by atoms with van der Waals surface area (Å²) in [5.41, 5.74) is 0.804. The number of aromatic nitrogens is 1. The van der Waals surface area contributed by atoms with Gasteiger partial charge in [0.05, 0.1) is 24.8 Å². The Balaban J connectivity index is 3.05. The molecule has 0 aliphatic heterocycles. The Kier molecular flexibility index (Phi) is 4.35. The second-order valence-corrected chi connectivity index (χ2v) is 3.94. The molecule has 16 heavy (non-hydrogen) atoms. The molecular formula is C10H10BrF2NO2. The maximum atomic E-state index is 12.5. The van der Waals surface area contributed by atoms with Crippen LogP contribution in [0, 0.1) is 6.92 Å². The van der Waals surface area contributed by atoms with E-state index in [9.17, 15) is 13.6 Å². The Morgan fingerprint density at radius 2 is 2.25 bits per heavy atom. The third-order valence-electron chi connectivity index (χ3n) is 2.07. The molecule has 0 radical (unpaired) electrons. The molecule has 0 N–H and O–H groups in total. The van der Waals surface area contributed by atoms with Crippen molar-refractivity contribution in [2.75, 3.05) is 7.11 Å². The van der Waals surface area contributed by atoms with Crippen molar-refractivity contribution in [3.8, 4) is 0 Å². The normalized spacial score (nSPS) is 10.6. The molecule has 0 amide bonds. The number of esters is 1. The quantitative estimate of drug-likeness (QED) is 0.635. The lowest BCUT2D eigenvalue weighted by Gasteiger charge is -2.08. The Bertz CT molecular complexity index is 410. The van der Waals surface area contributed by atoms with Gasteiger partial charge in [0.1, 0.15) is 4.60 Å². The van der Waals surface area contributed by atoms with E-state index >= 15 is 0 Å². The standard InChI is InChI=1S/C10H10BrF2NO2/c1-5-3-6(10(12)13)9(11)14-7(5)4-8(15)16-2/h3,10H,4H2,1-2H3. The van der Waals surface area contributed by atoms with Crippen molar-refractivity contribution < 1.29 is 18.3 Å². The fourth-order valence-electron chi connectivity index (χ4n) is 1.19. The largest absolute Gasteiger partial charge is 0.469 e. The average molecular weight is 294 g/mol. The molecule has 0 spiro atoms. The van der Waals surface area contributed by atoms with Crippen LogP contribution in [0.3, 0.4) is 0 Å². The van der Waals surface area contributed by atoms with Crippen LogP contribution in [-0.4, -0.2) is 18.1 Å². The minimum Gasteiger partial charge on any atom is -0.469 e. The van der Waals surface area contributed by atoms with E-state index in [4.69, 9.17) is 0 Å².